The van der Waals surface area contributed by atoms with Crippen LogP contribution in [0.25, 0.3) is 0 Å². The maximum atomic E-state index is 13.0. The number of likely N-dealkylation sites (N-methyl/N-ethyl adjacent to an activating group) is 1. The molecule has 1 saturated heterocycles. The minimum atomic E-state index is -0.235. The van der Waals surface area contributed by atoms with Crippen molar-refractivity contribution < 1.29 is 14.7 Å². The van der Waals surface area contributed by atoms with Gasteiger partial charge in [0.1, 0.15) is 0 Å². The minimum Gasteiger partial charge on any atom is -0.394 e. The molecule has 2 aliphatic rings. The van der Waals surface area contributed by atoms with Gasteiger partial charge in [-0.05, 0) is 30.5 Å². The summed E-state index contributed by atoms with van der Waals surface area (Å²) in [6.07, 6.45) is 2.95. The summed E-state index contributed by atoms with van der Waals surface area (Å²) in [5.41, 5.74) is 2.04. The largest absolute Gasteiger partial charge is 0.394 e. The van der Waals surface area contributed by atoms with E-state index in [-0.39, 0.29) is 42.3 Å². The van der Waals surface area contributed by atoms with Crippen molar-refractivity contribution >= 4 is 11.8 Å². The van der Waals surface area contributed by atoms with Crippen molar-refractivity contribution in [3.63, 3.8) is 0 Å². The van der Waals surface area contributed by atoms with Crippen molar-refractivity contribution in [2.24, 2.45) is 11.8 Å². The van der Waals surface area contributed by atoms with Gasteiger partial charge in [0.15, 0.2) is 0 Å². The molecule has 29 heavy (non-hydrogen) atoms. The molecule has 1 aromatic rings. The third-order valence-corrected chi connectivity index (χ3v) is 6.24. The van der Waals surface area contributed by atoms with Gasteiger partial charge in [0.2, 0.25) is 11.8 Å². The average Bonchev–Trinajstić information content (AvgIpc) is 2.62. The van der Waals surface area contributed by atoms with Crippen molar-refractivity contribution in [3.05, 3.63) is 35.4 Å². The van der Waals surface area contributed by atoms with Crippen LogP contribution in [0.15, 0.2) is 24.3 Å². The van der Waals surface area contributed by atoms with Gasteiger partial charge in [0.05, 0.1) is 18.7 Å². The van der Waals surface area contributed by atoms with Crippen LogP contribution in [0.2, 0.25) is 0 Å². The van der Waals surface area contributed by atoms with Crippen LogP contribution < -0.4 is 0 Å². The lowest BCUT2D eigenvalue weighted by Crippen LogP contribution is -2.69. The van der Waals surface area contributed by atoms with E-state index >= 15 is 0 Å². The summed E-state index contributed by atoms with van der Waals surface area (Å²) in [5, 5.41) is 10.1. The first-order valence-electron chi connectivity index (χ1n) is 10.6. The van der Waals surface area contributed by atoms with E-state index < -0.39 is 0 Å². The van der Waals surface area contributed by atoms with E-state index in [9.17, 15) is 14.7 Å². The lowest BCUT2D eigenvalue weighted by Gasteiger charge is -2.57. The zero-order valence-electron chi connectivity index (χ0n) is 17.9. The van der Waals surface area contributed by atoms with Gasteiger partial charge in [-0.1, -0.05) is 44.2 Å². The standard InChI is InChI=1S/C24H32N2O3/c1-16(2)8-9-18-10-12-19(13-11-18)23-21(14-25(4)17(3)28)26(22(23)15-27)24(29)20-6-5-7-20/h10-13,16,20-23,27H,5-7,14-15H2,1-4H3/t21-,22+,23+/m0/s1. The van der Waals surface area contributed by atoms with Crippen LogP contribution in [0.3, 0.4) is 0 Å². The number of carbonyl (C=O) groups excluding carboxylic acids is 2. The molecule has 2 fully saturated rings. The first-order valence-corrected chi connectivity index (χ1v) is 10.6. The number of carbonyl (C=O) groups is 2. The second kappa shape index (κ2) is 9.00. The minimum absolute atomic E-state index is 0.0120. The summed E-state index contributed by atoms with van der Waals surface area (Å²) in [4.78, 5) is 28.3. The predicted octanol–water partition coefficient (Wildman–Crippen LogP) is 2.63. The highest BCUT2D eigenvalue weighted by Crippen LogP contribution is 2.44. The van der Waals surface area contributed by atoms with Crippen molar-refractivity contribution in [1.29, 1.82) is 0 Å². The van der Waals surface area contributed by atoms with Gasteiger partial charge in [0, 0.05) is 43.8 Å². The lowest BCUT2D eigenvalue weighted by molar-refractivity contribution is -0.160. The van der Waals surface area contributed by atoms with Crippen LogP contribution in [-0.2, 0) is 9.59 Å². The number of hydrogen-bond acceptors (Lipinski definition) is 3. The molecule has 0 unspecified atom stereocenters. The summed E-state index contributed by atoms with van der Waals surface area (Å²) in [7, 11) is 1.77. The van der Waals surface area contributed by atoms with Gasteiger partial charge in [-0.3, -0.25) is 9.59 Å². The molecular formula is C24H32N2O3. The smallest absolute Gasteiger partial charge is 0.226 e. The summed E-state index contributed by atoms with van der Waals surface area (Å²) in [6.45, 7) is 6.07. The molecule has 1 N–H and O–H groups in total. The SMILES string of the molecule is CC(=O)N(C)C[C@H]1[C@@H](c2ccc(C#CC(C)C)cc2)[C@@H](CO)N1C(=O)C1CCC1. The molecule has 1 aromatic carbocycles. The highest BCUT2D eigenvalue weighted by atomic mass is 16.3. The quantitative estimate of drug-likeness (QED) is 0.779. The molecular weight excluding hydrogens is 364 g/mol. The Labute approximate surface area is 174 Å². The maximum absolute atomic E-state index is 13.0. The van der Waals surface area contributed by atoms with Gasteiger partial charge < -0.3 is 14.9 Å². The fraction of sp³-hybridized carbons (Fsp3) is 0.583. The molecule has 1 aliphatic carbocycles. The molecule has 1 heterocycles. The van der Waals surface area contributed by atoms with Gasteiger partial charge in [-0.15, -0.1) is 0 Å². The predicted molar refractivity (Wildman–Crippen MR) is 113 cm³/mol. The molecule has 1 aliphatic heterocycles. The molecule has 5 nitrogen and oxygen atoms in total. The highest BCUT2D eigenvalue weighted by Gasteiger charge is 2.53. The Morgan fingerprint density at radius 1 is 1.21 bits per heavy atom. The van der Waals surface area contributed by atoms with E-state index in [4.69, 9.17) is 0 Å². The van der Waals surface area contributed by atoms with Crippen LogP contribution in [0.4, 0.5) is 0 Å². The molecule has 2 amide bonds. The molecule has 0 aromatic heterocycles. The van der Waals surface area contributed by atoms with Gasteiger partial charge in [-0.25, -0.2) is 0 Å². The topological polar surface area (TPSA) is 60.9 Å². The van der Waals surface area contributed by atoms with Gasteiger partial charge >= 0.3 is 0 Å². The Hall–Kier alpha value is -2.32. The number of likely N-dealkylation sites (tertiary alicyclic amines) is 1. The summed E-state index contributed by atoms with van der Waals surface area (Å²) in [6, 6.07) is 7.75. The molecule has 0 spiro atoms. The molecule has 5 heteroatoms. The number of rotatable bonds is 5. The number of nitrogens with zero attached hydrogens (tertiary/aromatic N) is 2. The van der Waals surface area contributed by atoms with Gasteiger partial charge in [0.25, 0.3) is 0 Å². The number of aliphatic hydroxyl groups excluding tert-OH is 1. The Bertz CT molecular complexity index is 802. The normalized spacial score (nSPS) is 23.7. The van der Waals surface area contributed by atoms with Crippen LogP contribution in [0.5, 0.6) is 0 Å². The second-order valence-corrected chi connectivity index (χ2v) is 8.66. The van der Waals surface area contributed by atoms with Crippen LogP contribution in [0, 0.1) is 23.7 Å². The third-order valence-electron chi connectivity index (χ3n) is 6.24. The molecule has 3 atom stereocenters. The fourth-order valence-electron chi connectivity index (χ4n) is 4.21. The second-order valence-electron chi connectivity index (χ2n) is 8.66. The van der Waals surface area contributed by atoms with Crippen LogP contribution >= 0.6 is 0 Å². The van der Waals surface area contributed by atoms with Gasteiger partial charge in [-0.2, -0.15) is 0 Å². The van der Waals surface area contributed by atoms with E-state index in [2.05, 4.69) is 25.7 Å². The highest BCUT2D eigenvalue weighted by molar-refractivity contribution is 5.82. The number of hydrogen-bond donors (Lipinski definition) is 1. The Balaban J connectivity index is 1.85. The molecule has 156 valence electrons. The first kappa shape index (κ1) is 21.4. The van der Waals surface area contributed by atoms with Crippen molar-refractivity contribution in [1.82, 2.24) is 9.80 Å². The zero-order chi connectivity index (χ0) is 21.1. The molecule has 1 saturated carbocycles. The van der Waals surface area contributed by atoms with E-state index in [1.54, 1.807) is 11.9 Å². The third kappa shape index (κ3) is 4.48. The Morgan fingerprint density at radius 3 is 2.34 bits per heavy atom. The summed E-state index contributed by atoms with van der Waals surface area (Å²) >= 11 is 0. The fourth-order valence-corrected chi connectivity index (χ4v) is 4.21. The molecule has 0 radical (unpaired) electrons. The van der Waals surface area contributed by atoms with E-state index in [1.807, 2.05) is 29.2 Å². The number of benzene rings is 1. The number of aliphatic hydroxyl groups is 1. The van der Waals surface area contributed by atoms with Crippen molar-refractivity contribution in [2.75, 3.05) is 20.2 Å². The van der Waals surface area contributed by atoms with Crippen molar-refractivity contribution in [2.45, 2.75) is 58.0 Å². The van der Waals surface area contributed by atoms with E-state index in [1.165, 1.54) is 6.92 Å². The summed E-state index contributed by atoms with van der Waals surface area (Å²) < 4.78 is 0. The summed E-state index contributed by atoms with van der Waals surface area (Å²) in [5.74, 6) is 6.85. The lowest BCUT2D eigenvalue weighted by atomic mass is 9.72. The van der Waals surface area contributed by atoms with E-state index in [0.29, 0.717) is 12.5 Å². The van der Waals surface area contributed by atoms with E-state index in [0.717, 1.165) is 30.4 Å². The Kier molecular flexibility index (Phi) is 6.64. The van der Waals surface area contributed by atoms with Crippen LogP contribution in [0.1, 0.15) is 57.1 Å². The monoisotopic (exact) mass is 396 g/mol. The molecule has 3 rings (SSSR count). The maximum Gasteiger partial charge on any atom is 0.226 e. The van der Waals surface area contributed by atoms with Crippen molar-refractivity contribution in [3.8, 4) is 11.8 Å². The molecule has 0 bridgehead atoms. The zero-order valence-corrected chi connectivity index (χ0v) is 17.9. The Morgan fingerprint density at radius 2 is 1.86 bits per heavy atom. The first-order chi connectivity index (χ1) is 13.8. The average molecular weight is 397 g/mol. The van der Waals surface area contributed by atoms with Crippen LogP contribution in [-0.4, -0.2) is 59.0 Å². The number of amides is 2.